The Morgan fingerprint density at radius 1 is 0.864 bits per heavy atom. The molecule has 0 aliphatic carbocycles. The largest absolute Gasteiger partial charge is 0.356 e. The van der Waals surface area contributed by atoms with Crippen LogP contribution >= 0.6 is 0 Å². The van der Waals surface area contributed by atoms with E-state index in [1.54, 1.807) is 12.1 Å². The Morgan fingerprint density at radius 2 is 1.41 bits per heavy atom. The Hall–Kier alpha value is -2.01. The molecule has 0 aliphatic rings. The number of sulfonamides is 1. The van der Waals surface area contributed by atoms with Gasteiger partial charge in [0.1, 0.15) is 0 Å². The van der Waals surface area contributed by atoms with E-state index >= 15 is 0 Å². The molecule has 0 aromatic heterocycles. The summed E-state index contributed by atoms with van der Waals surface area (Å²) in [6.07, 6.45) is 0.599. The van der Waals surface area contributed by atoms with Crippen LogP contribution in [0.1, 0.15) is 24.5 Å². The zero-order valence-corrected chi connectivity index (χ0v) is 14.0. The van der Waals surface area contributed by atoms with Crippen molar-refractivity contribution in [1.29, 1.82) is 0 Å². The summed E-state index contributed by atoms with van der Waals surface area (Å²) in [7, 11) is -3.24. The van der Waals surface area contributed by atoms with E-state index in [1.807, 2.05) is 19.1 Å². The average Bonchev–Trinajstić information content (AvgIpc) is 2.39. The standard InChI is InChI=1S/C17H22N2O2S/c1-4-9-22(20,21)19-16-7-5-15(6-8-16)18-17-11-13(2)10-14(3)12-17/h5-8,10-12,18-19H,4,9H2,1-3H3. The molecule has 2 aromatic rings. The summed E-state index contributed by atoms with van der Waals surface area (Å²) >= 11 is 0. The summed E-state index contributed by atoms with van der Waals surface area (Å²) < 4.78 is 26.0. The van der Waals surface area contributed by atoms with Crippen LogP contribution in [0.5, 0.6) is 0 Å². The van der Waals surface area contributed by atoms with Crippen molar-refractivity contribution in [2.45, 2.75) is 27.2 Å². The minimum absolute atomic E-state index is 0.134. The molecule has 0 atom stereocenters. The molecule has 0 unspecified atom stereocenters. The van der Waals surface area contributed by atoms with Crippen molar-refractivity contribution in [3.63, 3.8) is 0 Å². The second-order valence-corrected chi connectivity index (χ2v) is 7.34. The number of nitrogens with one attached hydrogen (secondary N) is 2. The quantitative estimate of drug-likeness (QED) is 0.839. The molecule has 0 aliphatic heterocycles. The lowest BCUT2D eigenvalue weighted by atomic mass is 10.1. The maximum Gasteiger partial charge on any atom is 0.232 e. The summed E-state index contributed by atoms with van der Waals surface area (Å²) in [5.74, 6) is 0.134. The van der Waals surface area contributed by atoms with Crippen LogP contribution in [0.25, 0.3) is 0 Å². The summed E-state index contributed by atoms with van der Waals surface area (Å²) in [5.41, 5.74) is 4.93. The SMILES string of the molecule is CCCS(=O)(=O)Nc1ccc(Nc2cc(C)cc(C)c2)cc1. The highest BCUT2D eigenvalue weighted by molar-refractivity contribution is 7.92. The number of aryl methyl sites for hydroxylation is 2. The lowest BCUT2D eigenvalue weighted by Gasteiger charge is -2.11. The van der Waals surface area contributed by atoms with Crippen molar-refractivity contribution in [3.8, 4) is 0 Å². The van der Waals surface area contributed by atoms with Crippen molar-refractivity contribution in [3.05, 3.63) is 53.6 Å². The molecule has 0 saturated heterocycles. The average molecular weight is 318 g/mol. The topological polar surface area (TPSA) is 58.2 Å². The maximum absolute atomic E-state index is 11.7. The molecule has 2 N–H and O–H groups in total. The van der Waals surface area contributed by atoms with Crippen molar-refractivity contribution in [1.82, 2.24) is 0 Å². The zero-order valence-electron chi connectivity index (χ0n) is 13.2. The van der Waals surface area contributed by atoms with Gasteiger partial charge in [0.2, 0.25) is 10.0 Å². The first-order valence-electron chi connectivity index (χ1n) is 7.34. The fourth-order valence-electron chi connectivity index (χ4n) is 2.33. The smallest absolute Gasteiger partial charge is 0.232 e. The number of anilines is 3. The highest BCUT2D eigenvalue weighted by Gasteiger charge is 2.08. The molecule has 5 heteroatoms. The molecule has 2 rings (SSSR count). The van der Waals surface area contributed by atoms with Crippen LogP contribution in [0, 0.1) is 13.8 Å². The van der Waals surface area contributed by atoms with Gasteiger partial charge >= 0.3 is 0 Å². The Bertz CT molecular complexity index is 718. The lowest BCUT2D eigenvalue weighted by Crippen LogP contribution is -2.15. The van der Waals surface area contributed by atoms with Crippen molar-refractivity contribution in [2.24, 2.45) is 0 Å². The second-order valence-electron chi connectivity index (χ2n) is 5.50. The minimum Gasteiger partial charge on any atom is -0.356 e. The Balaban J connectivity index is 2.09. The number of hydrogen-bond donors (Lipinski definition) is 2. The van der Waals surface area contributed by atoms with E-state index in [0.29, 0.717) is 12.1 Å². The molecule has 0 spiro atoms. The van der Waals surface area contributed by atoms with Crippen LogP contribution in [0.3, 0.4) is 0 Å². The van der Waals surface area contributed by atoms with E-state index in [1.165, 1.54) is 11.1 Å². The number of hydrogen-bond acceptors (Lipinski definition) is 3. The molecule has 0 fully saturated rings. The fourth-order valence-corrected chi connectivity index (χ4v) is 3.47. The minimum atomic E-state index is -3.24. The highest BCUT2D eigenvalue weighted by Crippen LogP contribution is 2.21. The van der Waals surface area contributed by atoms with Crippen molar-refractivity contribution in [2.75, 3.05) is 15.8 Å². The first kappa shape index (κ1) is 16.4. The van der Waals surface area contributed by atoms with Crippen LogP contribution in [-0.4, -0.2) is 14.2 Å². The van der Waals surface area contributed by atoms with Gasteiger partial charge in [0.15, 0.2) is 0 Å². The van der Waals surface area contributed by atoms with Gasteiger partial charge in [-0.25, -0.2) is 8.42 Å². The molecule has 0 radical (unpaired) electrons. The van der Waals surface area contributed by atoms with E-state index < -0.39 is 10.0 Å². The van der Waals surface area contributed by atoms with E-state index in [4.69, 9.17) is 0 Å². The van der Waals surface area contributed by atoms with Crippen molar-refractivity contribution >= 4 is 27.1 Å². The predicted molar refractivity (Wildman–Crippen MR) is 93.3 cm³/mol. The van der Waals surface area contributed by atoms with Gasteiger partial charge in [-0.15, -0.1) is 0 Å². The van der Waals surface area contributed by atoms with E-state index in [9.17, 15) is 8.42 Å². The zero-order chi connectivity index (χ0) is 16.2. The lowest BCUT2D eigenvalue weighted by molar-refractivity contribution is 0.600. The van der Waals surface area contributed by atoms with E-state index in [2.05, 4.69) is 42.1 Å². The fraction of sp³-hybridized carbons (Fsp3) is 0.294. The number of rotatable bonds is 6. The van der Waals surface area contributed by atoms with Crippen LogP contribution < -0.4 is 10.0 Å². The highest BCUT2D eigenvalue weighted by atomic mass is 32.2. The third-order valence-electron chi connectivity index (χ3n) is 3.14. The van der Waals surface area contributed by atoms with E-state index in [-0.39, 0.29) is 5.75 Å². The van der Waals surface area contributed by atoms with Gasteiger partial charge < -0.3 is 5.32 Å². The molecule has 118 valence electrons. The third-order valence-corrected chi connectivity index (χ3v) is 4.63. The van der Waals surface area contributed by atoms with Gasteiger partial charge in [0.05, 0.1) is 5.75 Å². The van der Waals surface area contributed by atoms with Gasteiger partial charge in [-0.2, -0.15) is 0 Å². The Labute approximate surface area is 132 Å². The van der Waals surface area contributed by atoms with Crippen LogP contribution in [0.4, 0.5) is 17.1 Å². The maximum atomic E-state index is 11.7. The molecule has 2 aromatic carbocycles. The monoisotopic (exact) mass is 318 g/mol. The first-order valence-corrected chi connectivity index (χ1v) is 8.99. The Kier molecular flexibility index (Phi) is 5.08. The molecular formula is C17H22N2O2S. The van der Waals surface area contributed by atoms with Gasteiger partial charge in [0.25, 0.3) is 0 Å². The molecule has 0 saturated carbocycles. The summed E-state index contributed by atoms with van der Waals surface area (Å²) in [5, 5.41) is 3.32. The predicted octanol–water partition coefficient (Wildman–Crippen LogP) is 4.20. The normalized spacial score (nSPS) is 11.2. The first-order chi connectivity index (χ1) is 10.4. The molecule has 0 heterocycles. The van der Waals surface area contributed by atoms with Crippen LogP contribution in [-0.2, 0) is 10.0 Å². The van der Waals surface area contributed by atoms with Gasteiger partial charge in [-0.05, 0) is 67.8 Å². The van der Waals surface area contributed by atoms with Crippen molar-refractivity contribution < 1.29 is 8.42 Å². The Morgan fingerprint density at radius 3 is 1.95 bits per heavy atom. The van der Waals surface area contributed by atoms with Crippen LogP contribution in [0.15, 0.2) is 42.5 Å². The molecule has 22 heavy (non-hydrogen) atoms. The van der Waals surface area contributed by atoms with E-state index in [0.717, 1.165) is 11.4 Å². The molecule has 4 nitrogen and oxygen atoms in total. The number of benzene rings is 2. The second kappa shape index (κ2) is 6.83. The summed E-state index contributed by atoms with van der Waals surface area (Å²) in [6, 6.07) is 13.5. The summed E-state index contributed by atoms with van der Waals surface area (Å²) in [6.45, 7) is 5.96. The van der Waals surface area contributed by atoms with Gasteiger partial charge in [0, 0.05) is 17.1 Å². The van der Waals surface area contributed by atoms with Gasteiger partial charge in [-0.3, -0.25) is 4.72 Å². The third kappa shape index (κ3) is 4.77. The summed E-state index contributed by atoms with van der Waals surface area (Å²) in [4.78, 5) is 0. The molecular weight excluding hydrogens is 296 g/mol. The molecule has 0 bridgehead atoms. The van der Waals surface area contributed by atoms with Crippen LogP contribution in [0.2, 0.25) is 0 Å². The molecule has 0 amide bonds. The van der Waals surface area contributed by atoms with Gasteiger partial charge in [-0.1, -0.05) is 13.0 Å².